The highest BCUT2D eigenvalue weighted by Gasteiger charge is 2.42. The molecule has 0 aliphatic carbocycles. The van der Waals surface area contributed by atoms with Crippen LogP contribution in [0, 0.1) is 0 Å². The van der Waals surface area contributed by atoms with E-state index in [1.165, 1.54) is 18.3 Å². The molecule has 35 nitrogen and oxygen atoms in total. The van der Waals surface area contributed by atoms with Crippen molar-refractivity contribution in [3.05, 3.63) is 146 Å². The van der Waals surface area contributed by atoms with Gasteiger partial charge in [0.05, 0.1) is 138 Å². The SMILES string of the molecule is CC(CO)n1cnc2c(-n3c(C(F)F)nc4ccccc43)nc(N3CC4CCC(C3)O4)nc21.CCC(C)n1cnc2c(-n3c(C(F)F)nc4ccccc43)nc(N3CC4CCC(C3)O4)nc21.FC(F)c1nc2ccccc2n1-c1nc(N2CC3CCC(C2)O3)nc2c1ncn2C1CCOCC1.OCCn1cnc2c(-n3c(C(F)F)nc4ccccc43)nc(N3CC4CCC(C3)O4)nc21. The largest absolute Gasteiger partial charge is 0.395 e. The Hall–Kier alpha value is -12.7. The van der Waals surface area contributed by atoms with Crippen LogP contribution in [-0.2, 0) is 30.2 Å². The van der Waals surface area contributed by atoms with Crippen LogP contribution in [0.25, 0.3) is 112 Å². The number of hydrogen-bond donors (Lipinski definition) is 2. The number of imidazole rings is 8. The van der Waals surface area contributed by atoms with Crippen molar-refractivity contribution in [1.29, 1.82) is 0 Å². The monoisotopic (exact) mass is 1830 g/mol. The second-order valence-corrected chi connectivity index (χ2v) is 35.2. The Bertz CT molecular complexity index is 6760. The lowest BCUT2D eigenvalue weighted by Gasteiger charge is -2.32. The lowest BCUT2D eigenvalue weighted by molar-refractivity contribution is 0.0297. The molecule has 133 heavy (non-hydrogen) atoms. The fraction of sp³-hybridized carbons (Fsp3) is 0.467. The van der Waals surface area contributed by atoms with E-state index in [2.05, 4.69) is 73.0 Å². The third-order valence-corrected chi connectivity index (χ3v) is 26.6. The molecule has 0 saturated carbocycles. The normalized spacial score (nSPS) is 21.8. The maximum atomic E-state index is 14.2. The summed E-state index contributed by atoms with van der Waals surface area (Å²) in [6.07, 6.45) is 7.07. The van der Waals surface area contributed by atoms with Crippen LogP contribution in [0.1, 0.15) is 159 Å². The first-order valence-electron chi connectivity index (χ1n) is 45.3. The van der Waals surface area contributed by atoms with Gasteiger partial charge in [-0.1, -0.05) is 55.5 Å². The van der Waals surface area contributed by atoms with Crippen LogP contribution in [0.15, 0.2) is 122 Å². The molecule has 0 spiro atoms. The Labute approximate surface area is 752 Å². The zero-order valence-electron chi connectivity index (χ0n) is 72.7. The molecule has 2 N–H and O–H groups in total. The quantitative estimate of drug-likeness (QED) is 0.0710. The first kappa shape index (κ1) is 85.8. The van der Waals surface area contributed by atoms with E-state index in [1.807, 2.05) is 28.5 Å². The number of alkyl halides is 8. The lowest BCUT2D eigenvalue weighted by Crippen LogP contribution is -2.43. The number of ether oxygens (including phenoxy) is 5. The van der Waals surface area contributed by atoms with E-state index in [9.17, 15) is 45.3 Å². The molecule has 21 heterocycles. The molecule has 25 rings (SSSR count). The highest BCUT2D eigenvalue weighted by atomic mass is 19.3. The summed E-state index contributed by atoms with van der Waals surface area (Å²) < 4.78 is 156. The van der Waals surface area contributed by atoms with Gasteiger partial charge in [-0.2, -0.15) is 39.9 Å². The third kappa shape index (κ3) is 15.8. The van der Waals surface area contributed by atoms with Gasteiger partial charge < -0.3 is 71.8 Å². The maximum Gasteiger partial charge on any atom is 0.296 e. The highest BCUT2D eigenvalue weighted by Crippen LogP contribution is 2.42. The smallest absolute Gasteiger partial charge is 0.296 e. The number of para-hydroxylation sites is 8. The molecule has 10 atom stereocenters. The van der Waals surface area contributed by atoms with Crippen molar-refractivity contribution >= 4 is 113 Å². The van der Waals surface area contributed by atoms with Crippen LogP contribution in [-0.4, -0.2) is 254 Å². The third-order valence-electron chi connectivity index (χ3n) is 26.6. The summed E-state index contributed by atoms with van der Waals surface area (Å²) in [5, 5.41) is 19.2. The lowest BCUT2D eigenvalue weighted by atomic mass is 10.1. The predicted molar refractivity (Wildman–Crippen MR) is 473 cm³/mol. The van der Waals surface area contributed by atoms with Crippen LogP contribution in [0.5, 0.6) is 0 Å². The molecule has 9 fully saturated rings. The predicted octanol–water partition coefficient (Wildman–Crippen LogP) is 13.7. The number of benzene rings is 4. The molecular formula is C90H94F8N28O7. The van der Waals surface area contributed by atoms with Gasteiger partial charge in [0.1, 0.15) is 0 Å². The van der Waals surface area contributed by atoms with Crippen molar-refractivity contribution in [2.45, 2.75) is 191 Å². The summed E-state index contributed by atoms with van der Waals surface area (Å²) in [4.78, 5) is 81.8. The van der Waals surface area contributed by atoms with Crippen LogP contribution in [0.3, 0.4) is 0 Å². The molecule has 8 bridgehead atoms. The Morgan fingerprint density at radius 1 is 0.346 bits per heavy atom. The zero-order valence-corrected chi connectivity index (χ0v) is 72.7. The van der Waals surface area contributed by atoms with E-state index in [4.69, 9.17) is 63.6 Å². The van der Waals surface area contributed by atoms with Crippen LogP contribution < -0.4 is 19.6 Å². The summed E-state index contributed by atoms with van der Waals surface area (Å²) >= 11 is 0. The van der Waals surface area contributed by atoms with Gasteiger partial charge in [0.25, 0.3) is 25.7 Å². The van der Waals surface area contributed by atoms with E-state index < -0.39 is 37.4 Å². The van der Waals surface area contributed by atoms with Gasteiger partial charge in [0, 0.05) is 84.2 Å². The van der Waals surface area contributed by atoms with Crippen molar-refractivity contribution in [2.75, 3.05) is 98.4 Å². The second kappa shape index (κ2) is 35.4. The minimum Gasteiger partial charge on any atom is -0.395 e. The van der Waals surface area contributed by atoms with Crippen molar-refractivity contribution in [3.63, 3.8) is 0 Å². The minimum absolute atomic E-state index is 0.0991. The summed E-state index contributed by atoms with van der Waals surface area (Å²) in [5.41, 5.74) is 8.04. The van der Waals surface area contributed by atoms with Crippen molar-refractivity contribution in [1.82, 2.24) is 116 Å². The average Bonchev–Trinajstić information content (AvgIpc) is 1.60. The van der Waals surface area contributed by atoms with Gasteiger partial charge >= 0.3 is 0 Å². The number of halogens is 8. The molecule has 0 amide bonds. The van der Waals surface area contributed by atoms with Gasteiger partial charge in [-0.25, -0.2) is 75.0 Å². The molecule has 9 aliphatic heterocycles. The summed E-state index contributed by atoms with van der Waals surface area (Å²) in [6, 6.07) is 28.2. The second-order valence-electron chi connectivity index (χ2n) is 35.2. The Morgan fingerprint density at radius 3 is 0.962 bits per heavy atom. The Kier molecular flexibility index (Phi) is 22.8. The zero-order chi connectivity index (χ0) is 90.7. The van der Waals surface area contributed by atoms with Gasteiger partial charge in [0.15, 0.2) is 91.2 Å². The molecule has 43 heteroatoms. The highest BCUT2D eigenvalue weighted by molar-refractivity contribution is 5.90. The number of aliphatic hydroxyl groups is 2. The first-order valence-corrected chi connectivity index (χ1v) is 45.3. The number of hydrogen-bond acceptors (Lipinski definition) is 27. The molecule has 0 radical (unpaired) electrons. The summed E-state index contributed by atoms with van der Waals surface area (Å²) in [5.74, 6) is 1.59. The number of aromatic nitrogens is 24. The molecule has 12 aromatic heterocycles. The maximum absolute atomic E-state index is 14.2. The van der Waals surface area contributed by atoms with E-state index in [0.717, 1.165) is 70.6 Å². The van der Waals surface area contributed by atoms with E-state index in [-0.39, 0.29) is 110 Å². The van der Waals surface area contributed by atoms with E-state index >= 15 is 0 Å². The number of nitrogens with zero attached hydrogens (tertiary/aromatic N) is 28. The molecule has 4 aromatic carbocycles. The van der Waals surface area contributed by atoms with Crippen LogP contribution in [0.4, 0.5) is 58.9 Å². The molecule has 9 aliphatic rings. The Morgan fingerprint density at radius 2 is 0.639 bits per heavy atom. The van der Waals surface area contributed by atoms with Crippen LogP contribution in [0.2, 0.25) is 0 Å². The summed E-state index contributed by atoms with van der Waals surface area (Å²) in [7, 11) is 0. The van der Waals surface area contributed by atoms with Gasteiger partial charge in [-0.15, -0.1) is 0 Å². The summed E-state index contributed by atoms with van der Waals surface area (Å²) in [6.45, 7) is 12.7. The molecule has 692 valence electrons. The van der Waals surface area contributed by atoms with Crippen molar-refractivity contribution in [2.24, 2.45) is 0 Å². The topological polar surface area (TPSA) is 345 Å². The molecule has 9 saturated heterocycles. The Balaban J connectivity index is 0.000000103. The number of fused-ring (bicyclic) bond motifs is 16. The fourth-order valence-corrected chi connectivity index (χ4v) is 20.0. The molecule has 10 unspecified atom stereocenters. The van der Waals surface area contributed by atoms with Gasteiger partial charge in [-0.05, 0) is 133 Å². The van der Waals surface area contributed by atoms with Crippen molar-refractivity contribution < 1.29 is 69.0 Å². The number of anilines is 4. The molecular weight excluding hydrogens is 1740 g/mol. The number of morpholine rings is 4. The average molecular weight is 1830 g/mol. The van der Waals surface area contributed by atoms with E-state index in [0.29, 0.717) is 190 Å². The van der Waals surface area contributed by atoms with Crippen LogP contribution >= 0.6 is 0 Å². The number of aliphatic hydroxyl groups excluding tert-OH is 2. The minimum atomic E-state index is -2.80. The fourth-order valence-electron chi connectivity index (χ4n) is 20.0. The van der Waals surface area contributed by atoms with E-state index in [1.54, 1.807) is 119 Å². The van der Waals surface area contributed by atoms with Crippen molar-refractivity contribution in [3.8, 4) is 23.3 Å². The number of rotatable bonds is 19. The standard InChI is InChI=1S/C24H25F2N7O2.C23H25F2N7O.C22H23F2N7O2.C21H21F2N7O2/c25-20(26)23-28-17-3-1-2-4-18(17)33(23)22-19-21(32(13-27-19)14-7-9-34-10-8-14)29-24(30-22)31-11-15-5-6-16(12-31)35-15;1-3-13(2)31-12-26-18-20(31)28-23(30-10-14-8-9-15(11-30)33-14)29-21(18)32-17-7-5-4-6-16(17)27-22(32)19(24)25;1-12(10-32)30-11-25-17-19(30)27-22(29-8-13-6-7-14(9-29)33-13)28-20(17)31-16-5-3-2-4-15(16)26-21(31)18(23)24;22-17(23)20-25-14-3-1-2-4-15(14)30(20)19-16-18(28(7-8-31)11-24-16)26-21(27-19)29-9-12-5-6-13(10-29)32-12/h1-4,13-16,20H,5-12H2;4-7,12-15,19H,3,8-11H2,1-2H3;2-5,11-14,18,32H,6-10H2,1H3;1-4,11-13,17,31H,5-10H2. The first-order chi connectivity index (χ1) is 64.8. The molecule has 16 aromatic rings. The van der Waals surface area contributed by atoms with Gasteiger partial charge in [0.2, 0.25) is 23.8 Å². The van der Waals surface area contributed by atoms with Gasteiger partial charge in [-0.3, -0.25) is 18.3 Å².